The number of aromatic nitrogens is 1. The minimum Gasteiger partial charge on any atom is -0.360 e. The number of amides is 1. The molecule has 146 valence electrons. The van der Waals surface area contributed by atoms with Crippen LogP contribution in [0.3, 0.4) is 0 Å². The molecule has 0 aliphatic carbocycles. The van der Waals surface area contributed by atoms with E-state index >= 15 is 0 Å². The first-order valence-electron chi connectivity index (χ1n) is 8.91. The van der Waals surface area contributed by atoms with Crippen LogP contribution in [0.1, 0.15) is 17.9 Å². The van der Waals surface area contributed by atoms with Crippen molar-refractivity contribution in [1.82, 2.24) is 19.7 Å². The standard InChI is InChI=1S/C18H24N4O4S/c1-15-13-16(26-20-15)14-21-9-11-22(12-10-21)18(23)7-8-19-27(24,25)17-5-3-2-4-6-17/h2-6,13,19H,7-12,14H2,1H3. The summed E-state index contributed by atoms with van der Waals surface area (Å²) in [4.78, 5) is 16.5. The number of benzene rings is 1. The Bertz CT molecular complexity index is 858. The maximum absolute atomic E-state index is 12.3. The lowest BCUT2D eigenvalue weighted by Gasteiger charge is -2.34. The van der Waals surface area contributed by atoms with Crippen molar-refractivity contribution in [1.29, 1.82) is 0 Å². The van der Waals surface area contributed by atoms with Crippen molar-refractivity contribution in [2.45, 2.75) is 24.8 Å². The number of nitrogens with one attached hydrogen (secondary N) is 1. The molecule has 1 fully saturated rings. The number of aryl methyl sites for hydroxylation is 1. The minimum absolute atomic E-state index is 0.0408. The summed E-state index contributed by atoms with van der Waals surface area (Å²) in [6.45, 7) is 5.40. The number of hydrogen-bond acceptors (Lipinski definition) is 6. The van der Waals surface area contributed by atoms with E-state index in [9.17, 15) is 13.2 Å². The molecule has 3 rings (SSSR count). The van der Waals surface area contributed by atoms with Gasteiger partial charge in [0.05, 0.1) is 17.1 Å². The van der Waals surface area contributed by atoms with Crippen molar-refractivity contribution in [3.8, 4) is 0 Å². The van der Waals surface area contributed by atoms with Crippen LogP contribution in [-0.4, -0.2) is 62.0 Å². The second-order valence-electron chi connectivity index (χ2n) is 6.55. The Balaban J connectivity index is 1.41. The van der Waals surface area contributed by atoms with Gasteiger partial charge in [-0.15, -0.1) is 0 Å². The third-order valence-corrected chi connectivity index (χ3v) is 5.94. The molecule has 0 saturated carbocycles. The lowest BCUT2D eigenvalue weighted by molar-refractivity contribution is -0.132. The van der Waals surface area contributed by atoms with Crippen LogP contribution in [0, 0.1) is 6.92 Å². The Morgan fingerprint density at radius 1 is 1.19 bits per heavy atom. The molecule has 0 bridgehead atoms. The summed E-state index contributed by atoms with van der Waals surface area (Å²) in [5, 5.41) is 3.88. The van der Waals surface area contributed by atoms with Gasteiger partial charge in [0.2, 0.25) is 15.9 Å². The van der Waals surface area contributed by atoms with E-state index in [0.29, 0.717) is 19.6 Å². The molecule has 1 amide bonds. The fourth-order valence-corrected chi connectivity index (χ4v) is 4.05. The first-order chi connectivity index (χ1) is 12.9. The minimum atomic E-state index is -3.57. The van der Waals surface area contributed by atoms with Gasteiger partial charge in [0.25, 0.3) is 0 Å². The second kappa shape index (κ2) is 8.64. The first-order valence-corrected chi connectivity index (χ1v) is 10.4. The van der Waals surface area contributed by atoms with Gasteiger partial charge in [-0.1, -0.05) is 23.4 Å². The van der Waals surface area contributed by atoms with Crippen LogP contribution in [0.5, 0.6) is 0 Å². The first kappa shape index (κ1) is 19.5. The summed E-state index contributed by atoms with van der Waals surface area (Å²) in [5.74, 6) is 0.781. The van der Waals surface area contributed by atoms with Crippen LogP contribution >= 0.6 is 0 Å². The van der Waals surface area contributed by atoms with Crippen molar-refractivity contribution in [3.63, 3.8) is 0 Å². The van der Waals surface area contributed by atoms with E-state index in [0.717, 1.165) is 24.5 Å². The van der Waals surface area contributed by atoms with Crippen LogP contribution in [0.2, 0.25) is 0 Å². The quantitative estimate of drug-likeness (QED) is 0.755. The van der Waals surface area contributed by atoms with Crippen LogP contribution in [-0.2, 0) is 21.4 Å². The molecule has 0 atom stereocenters. The maximum Gasteiger partial charge on any atom is 0.240 e. The lowest BCUT2D eigenvalue weighted by atomic mass is 10.2. The Morgan fingerprint density at radius 3 is 2.52 bits per heavy atom. The Labute approximate surface area is 159 Å². The van der Waals surface area contributed by atoms with E-state index in [2.05, 4.69) is 14.8 Å². The van der Waals surface area contributed by atoms with E-state index in [-0.39, 0.29) is 23.8 Å². The molecule has 1 aromatic carbocycles. The van der Waals surface area contributed by atoms with Crippen molar-refractivity contribution < 1.29 is 17.7 Å². The van der Waals surface area contributed by atoms with Gasteiger partial charge in [-0.2, -0.15) is 0 Å². The third kappa shape index (κ3) is 5.38. The number of carbonyl (C=O) groups excluding carboxylic acids is 1. The highest BCUT2D eigenvalue weighted by Crippen LogP contribution is 2.11. The Hall–Kier alpha value is -2.23. The summed E-state index contributed by atoms with van der Waals surface area (Å²) in [7, 11) is -3.57. The van der Waals surface area contributed by atoms with Crippen LogP contribution in [0.4, 0.5) is 0 Å². The van der Waals surface area contributed by atoms with E-state index in [4.69, 9.17) is 4.52 Å². The zero-order valence-corrected chi connectivity index (χ0v) is 16.1. The number of hydrogen-bond donors (Lipinski definition) is 1. The molecular weight excluding hydrogens is 368 g/mol. The summed E-state index contributed by atoms with van der Waals surface area (Å²) in [6.07, 6.45) is 0.146. The molecule has 2 heterocycles. The van der Waals surface area contributed by atoms with E-state index in [1.807, 2.05) is 13.0 Å². The fraction of sp³-hybridized carbons (Fsp3) is 0.444. The molecule has 0 spiro atoms. The number of piperazine rings is 1. The van der Waals surface area contributed by atoms with Crippen LogP contribution < -0.4 is 4.72 Å². The smallest absolute Gasteiger partial charge is 0.240 e. The number of carbonyl (C=O) groups is 1. The topological polar surface area (TPSA) is 95.8 Å². The molecule has 8 nitrogen and oxygen atoms in total. The second-order valence-corrected chi connectivity index (χ2v) is 8.32. The summed E-state index contributed by atoms with van der Waals surface area (Å²) < 4.78 is 32.0. The third-order valence-electron chi connectivity index (χ3n) is 4.47. The largest absolute Gasteiger partial charge is 0.360 e. The molecule has 1 aromatic heterocycles. The van der Waals surface area contributed by atoms with Gasteiger partial charge in [0, 0.05) is 45.2 Å². The average Bonchev–Trinajstić information content (AvgIpc) is 3.07. The number of nitrogens with zero attached hydrogens (tertiary/aromatic N) is 3. The van der Waals surface area contributed by atoms with Crippen molar-refractivity contribution in [3.05, 3.63) is 47.9 Å². The lowest BCUT2D eigenvalue weighted by Crippen LogP contribution is -2.48. The zero-order chi connectivity index (χ0) is 19.3. The van der Waals surface area contributed by atoms with Gasteiger partial charge in [-0.25, -0.2) is 13.1 Å². The zero-order valence-electron chi connectivity index (χ0n) is 15.3. The number of rotatable bonds is 7. The predicted octanol–water partition coefficient (Wildman–Crippen LogP) is 0.996. The van der Waals surface area contributed by atoms with Crippen molar-refractivity contribution >= 4 is 15.9 Å². The predicted molar refractivity (Wildman–Crippen MR) is 99.3 cm³/mol. The Kier molecular flexibility index (Phi) is 6.25. The molecule has 0 radical (unpaired) electrons. The number of sulfonamides is 1. The summed E-state index contributed by atoms with van der Waals surface area (Å²) in [5.41, 5.74) is 0.858. The van der Waals surface area contributed by atoms with Gasteiger partial charge >= 0.3 is 0 Å². The van der Waals surface area contributed by atoms with Crippen LogP contribution in [0.25, 0.3) is 0 Å². The molecule has 1 aliphatic rings. The normalized spacial score (nSPS) is 15.8. The summed E-state index contributed by atoms with van der Waals surface area (Å²) in [6, 6.07) is 10.1. The molecule has 27 heavy (non-hydrogen) atoms. The molecule has 1 saturated heterocycles. The highest BCUT2D eigenvalue weighted by molar-refractivity contribution is 7.89. The van der Waals surface area contributed by atoms with Crippen molar-refractivity contribution in [2.24, 2.45) is 0 Å². The van der Waals surface area contributed by atoms with E-state index in [1.54, 1.807) is 23.1 Å². The van der Waals surface area contributed by atoms with Gasteiger partial charge in [0.1, 0.15) is 0 Å². The molecule has 2 aromatic rings. The molecule has 0 unspecified atom stereocenters. The molecule has 1 aliphatic heterocycles. The van der Waals surface area contributed by atoms with Gasteiger partial charge < -0.3 is 9.42 Å². The van der Waals surface area contributed by atoms with Crippen LogP contribution in [0.15, 0.2) is 45.8 Å². The molecule has 9 heteroatoms. The monoisotopic (exact) mass is 392 g/mol. The fourth-order valence-electron chi connectivity index (χ4n) is 3.00. The average molecular weight is 392 g/mol. The van der Waals surface area contributed by atoms with E-state index < -0.39 is 10.0 Å². The molecule has 1 N–H and O–H groups in total. The van der Waals surface area contributed by atoms with Gasteiger partial charge in [-0.05, 0) is 19.1 Å². The highest BCUT2D eigenvalue weighted by atomic mass is 32.2. The maximum atomic E-state index is 12.3. The highest BCUT2D eigenvalue weighted by Gasteiger charge is 2.22. The van der Waals surface area contributed by atoms with Gasteiger partial charge in [0.15, 0.2) is 5.76 Å². The van der Waals surface area contributed by atoms with Crippen molar-refractivity contribution in [2.75, 3.05) is 32.7 Å². The van der Waals surface area contributed by atoms with Gasteiger partial charge in [-0.3, -0.25) is 9.69 Å². The Morgan fingerprint density at radius 2 is 1.89 bits per heavy atom. The summed E-state index contributed by atoms with van der Waals surface area (Å²) >= 11 is 0. The SMILES string of the molecule is Cc1cc(CN2CCN(C(=O)CCNS(=O)(=O)c3ccccc3)CC2)on1. The molecular formula is C18H24N4O4S. The van der Waals surface area contributed by atoms with E-state index in [1.165, 1.54) is 12.1 Å².